The second-order valence-corrected chi connectivity index (χ2v) is 6.28. The molecule has 1 aliphatic rings. The molecule has 138 valence electrons. The van der Waals surface area contributed by atoms with E-state index < -0.39 is 0 Å². The van der Waals surface area contributed by atoms with E-state index in [1.807, 2.05) is 18.2 Å². The Balaban J connectivity index is 1.42. The van der Waals surface area contributed by atoms with E-state index in [-0.39, 0.29) is 0 Å². The van der Waals surface area contributed by atoms with Crippen LogP contribution in [0, 0.1) is 0 Å². The van der Waals surface area contributed by atoms with Crippen LogP contribution in [0.3, 0.4) is 0 Å². The number of nitrogens with zero attached hydrogens (tertiary/aromatic N) is 1. The van der Waals surface area contributed by atoms with Gasteiger partial charge < -0.3 is 20.1 Å². The fraction of sp³-hybridized carbons (Fsp3) is 0.381. The fourth-order valence-electron chi connectivity index (χ4n) is 3.17. The molecule has 0 atom stereocenters. The number of methoxy groups -OCH3 is 1. The lowest BCUT2D eigenvalue weighted by atomic mass is 10.1. The second kappa shape index (κ2) is 9.13. The lowest BCUT2D eigenvalue weighted by molar-refractivity contribution is 0.357. The maximum atomic E-state index is 5.56. The zero-order chi connectivity index (χ0) is 18.2. The summed E-state index contributed by atoms with van der Waals surface area (Å²) in [6.07, 6.45) is 2.86. The van der Waals surface area contributed by atoms with Crippen LogP contribution in [0.15, 0.2) is 47.5 Å². The van der Waals surface area contributed by atoms with Crippen molar-refractivity contribution in [1.82, 2.24) is 10.6 Å². The van der Waals surface area contributed by atoms with Crippen molar-refractivity contribution < 1.29 is 9.47 Å². The first kappa shape index (κ1) is 18.1. The molecule has 1 heterocycles. The second-order valence-electron chi connectivity index (χ2n) is 6.28. The van der Waals surface area contributed by atoms with Crippen LogP contribution >= 0.6 is 0 Å². The number of para-hydroxylation sites is 1. The zero-order valence-corrected chi connectivity index (χ0v) is 15.5. The minimum absolute atomic E-state index is 0.802. The monoisotopic (exact) mass is 353 g/mol. The van der Waals surface area contributed by atoms with Gasteiger partial charge in [-0.2, -0.15) is 0 Å². The summed E-state index contributed by atoms with van der Waals surface area (Å²) in [6, 6.07) is 14.6. The van der Waals surface area contributed by atoms with Gasteiger partial charge in [-0.1, -0.05) is 30.3 Å². The molecule has 5 heteroatoms. The Labute approximate surface area is 155 Å². The van der Waals surface area contributed by atoms with Crippen LogP contribution in [0.2, 0.25) is 0 Å². The summed E-state index contributed by atoms with van der Waals surface area (Å²) in [5.74, 6) is 2.79. The minimum Gasteiger partial charge on any atom is -0.496 e. The van der Waals surface area contributed by atoms with Crippen LogP contribution in [-0.2, 0) is 19.3 Å². The van der Waals surface area contributed by atoms with Crippen molar-refractivity contribution in [1.29, 1.82) is 0 Å². The topological polar surface area (TPSA) is 54.9 Å². The summed E-state index contributed by atoms with van der Waals surface area (Å²) >= 11 is 0. The summed E-state index contributed by atoms with van der Waals surface area (Å²) in [5.41, 5.74) is 3.84. The molecule has 0 radical (unpaired) electrons. The van der Waals surface area contributed by atoms with Gasteiger partial charge >= 0.3 is 0 Å². The maximum Gasteiger partial charge on any atom is 0.190 e. The van der Waals surface area contributed by atoms with E-state index in [1.54, 1.807) is 14.2 Å². The Bertz CT molecular complexity index is 759. The standard InChI is InChI=1S/C21H27N3O2/c1-22-21(24-13-10-17-5-3-4-6-19(17)25-2)23-12-9-16-7-8-20-18(15-16)11-14-26-20/h3-8,15H,9-14H2,1-2H3,(H2,22,23,24). The first-order valence-electron chi connectivity index (χ1n) is 9.11. The number of nitrogens with one attached hydrogen (secondary N) is 2. The lowest BCUT2D eigenvalue weighted by Gasteiger charge is -2.13. The van der Waals surface area contributed by atoms with Crippen molar-refractivity contribution >= 4 is 5.96 Å². The Hall–Kier alpha value is -2.69. The van der Waals surface area contributed by atoms with Gasteiger partial charge in [0.2, 0.25) is 0 Å². The van der Waals surface area contributed by atoms with E-state index in [2.05, 4.69) is 39.9 Å². The molecule has 2 N–H and O–H groups in total. The molecule has 0 fully saturated rings. The quantitative estimate of drug-likeness (QED) is 0.593. The molecule has 3 rings (SSSR count). The highest BCUT2D eigenvalue weighted by atomic mass is 16.5. The lowest BCUT2D eigenvalue weighted by Crippen LogP contribution is -2.39. The molecule has 0 spiro atoms. The number of benzene rings is 2. The molecule has 5 nitrogen and oxygen atoms in total. The summed E-state index contributed by atoms with van der Waals surface area (Å²) in [7, 11) is 3.50. The SMILES string of the molecule is CN=C(NCCc1ccc2c(c1)CCO2)NCCc1ccccc1OC. The van der Waals surface area contributed by atoms with E-state index in [1.165, 1.54) is 16.7 Å². The van der Waals surface area contributed by atoms with Gasteiger partial charge in [-0.05, 0) is 41.7 Å². The molecule has 0 bridgehead atoms. The molecule has 0 saturated heterocycles. The van der Waals surface area contributed by atoms with Gasteiger partial charge in [-0.3, -0.25) is 4.99 Å². The van der Waals surface area contributed by atoms with Crippen molar-refractivity contribution in [3.63, 3.8) is 0 Å². The molecular formula is C21H27N3O2. The number of rotatable bonds is 7. The Morgan fingerprint density at radius 1 is 1.12 bits per heavy atom. The molecule has 0 aliphatic carbocycles. The number of ether oxygens (including phenoxy) is 2. The van der Waals surface area contributed by atoms with E-state index in [4.69, 9.17) is 9.47 Å². The largest absolute Gasteiger partial charge is 0.496 e. The summed E-state index contributed by atoms with van der Waals surface area (Å²) in [4.78, 5) is 4.29. The maximum absolute atomic E-state index is 5.56. The molecule has 0 amide bonds. The van der Waals surface area contributed by atoms with Crippen LogP contribution in [0.1, 0.15) is 16.7 Å². The number of hydrogen-bond acceptors (Lipinski definition) is 3. The zero-order valence-electron chi connectivity index (χ0n) is 15.5. The molecule has 1 aliphatic heterocycles. The Kier molecular flexibility index (Phi) is 6.36. The summed E-state index contributed by atoms with van der Waals surface area (Å²) in [5, 5.41) is 6.74. The molecule has 0 aromatic heterocycles. The highest BCUT2D eigenvalue weighted by Gasteiger charge is 2.11. The average Bonchev–Trinajstić information content (AvgIpc) is 3.15. The van der Waals surface area contributed by atoms with Crippen LogP contribution in [0.25, 0.3) is 0 Å². The van der Waals surface area contributed by atoms with Crippen molar-refractivity contribution in [2.24, 2.45) is 4.99 Å². The van der Waals surface area contributed by atoms with E-state index in [9.17, 15) is 0 Å². The third-order valence-electron chi connectivity index (χ3n) is 4.56. The van der Waals surface area contributed by atoms with E-state index in [0.29, 0.717) is 0 Å². The number of fused-ring (bicyclic) bond motifs is 1. The van der Waals surface area contributed by atoms with Gasteiger partial charge in [0.15, 0.2) is 5.96 Å². The van der Waals surface area contributed by atoms with Gasteiger partial charge in [0.05, 0.1) is 13.7 Å². The van der Waals surface area contributed by atoms with Crippen LogP contribution in [0.5, 0.6) is 11.5 Å². The molecule has 26 heavy (non-hydrogen) atoms. The van der Waals surface area contributed by atoms with Crippen molar-refractivity contribution in [2.75, 3.05) is 33.9 Å². The third kappa shape index (κ3) is 4.69. The average molecular weight is 353 g/mol. The van der Waals surface area contributed by atoms with Crippen molar-refractivity contribution in [3.8, 4) is 11.5 Å². The fourth-order valence-corrected chi connectivity index (χ4v) is 3.17. The van der Waals surface area contributed by atoms with Crippen LogP contribution in [0.4, 0.5) is 0 Å². The highest BCUT2D eigenvalue weighted by Crippen LogP contribution is 2.25. The predicted octanol–water partition coefficient (Wildman–Crippen LogP) is 2.58. The van der Waals surface area contributed by atoms with Crippen LogP contribution < -0.4 is 20.1 Å². The summed E-state index contributed by atoms with van der Waals surface area (Å²) < 4.78 is 10.9. The van der Waals surface area contributed by atoms with Gasteiger partial charge in [0.25, 0.3) is 0 Å². The van der Waals surface area contributed by atoms with Crippen molar-refractivity contribution in [2.45, 2.75) is 19.3 Å². The molecule has 2 aromatic carbocycles. The number of aliphatic imine (C=N–C) groups is 1. The predicted molar refractivity (Wildman–Crippen MR) is 105 cm³/mol. The highest BCUT2D eigenvalue weighted by molar-refractivity contribution is 5.79. The molecule has 0 unspecified atom stereocenters. The van der Waals surface area contributed by atoms with Gasteiger partial charge in [0, 0.05) is 26.6 Å². The number of hydrogen-bond donors (Lipinski definition) is 2. The third-order valence-corrected chi connectivity index (χ3v) is 4.56. The van der Waals surface area contributed by atoms with Crippen LogP contribution in [-0.4, -0.2) is 39.8 Å². The van der Waals surface area contributed by atoms with E-state index in [0.717, 1.165) is 56.4 Å². The molecule has 0 saturated carbocycles. The van der Waals surface area contributed by atoms with E-state index >= 15 is 0 Å². The van der Waals surface area contributed by atoms with Gasteiger partial charge in [0.1, 0.15) is 11.5 Å². The van der Waals surface area contributed by atoms with Gasteiger partial charge in [-0.15, -0.1) is 0 Å². The Morgan fingerprint density at radius 2 is 1.92 bits per heavy atom. The normalized spacial score (nSPS) is 13.1. The first-order valence-corrected chi connectivity index (χ1v) is 9.11. The molecule has 2 aromatic rings. The molecular weight excluding hydrogens is 326 g/mol. The Morgan fingerprint density at radius 3 is 2.73 bits per heavy atom. The first-order chi connectivity index (χ1) is 12.8. The number of guanidine groups is 1. The van der Waals surface area contributed by atoms with Crippen molar-refractivity contribution in [3.05, 3.63) is 59.2 Å². The smallest absolute Gasteiger partial charge is 0.190 e. The summed E-state index contributed by atoms with van der Waals surface area (Å²) in [6.45, 7) is 2.45. The van der Waals surface area contributed by atoms with Gasteiger partial charge in [-0.25, -0.2) is 0 Å². The minimum atomic E-state index is 0.802.